The number of benzene rings is 1. The summed E-state index contributed by atoms with van der Waals surface area (Å²) in [5.74, 6) is 1.62. The zero-order chi connectivity index (χ0) is 15.1. The third kappa shape index (κ3) is 1.97. The third-order valence-corrected chi connectivity index (χ3v) is 3.67. The van der Waals surface area contributed by atoms with Crippen LogP contribution in [0.4, 0.5) is 0 Å². The highest BCUT2D eigenvalue weighted by atomic mass is 16.5. The molecular weight excluding hydrogens is 280 g/mol. The van der Waals surface area contributed by atoms with Crippen molar-refractivity contribution < 1.29 is 9.42 Å². The number of fused-ring (bicyclic) bond motifs is 3. The third-order valence-electron chi connectivity index (χ3n) is 3.67. The van der Waals surface area contributed by atoms with Crippen LogP contribution in [0.5, 0.6) is 5.75 Å². The Morgan fingerprint density at radius 2 is 2.14 bits per heavy atom. The van der Waals surface area contributed by atoms with Gasteiger partial charge in [-0.2, -0.15) is 9.78 Å². The molecule has 22 heavy (non-hydrogen) atoms. The van der Waals surface area contributed by atoms with Crippen LogP contribution in [-0.2, 0) is 6.54 Å². The van der Waals surface area contributed by atoms with E-state index in [4.69, 9.17) is 9.84 Å². The van der Waals surface area contributed by atoms with Gasteiger partial charge in [-0.25, -0.2) is 9.67 Å². The van der Waals surface area contributed by atoms with Gasteiger partial charge in [0, 0.05) is 6.04 Å². The second-order valence-corrected chi connectivity index (χ2v) is 5.51. The van der Waals surface area contributed by atoms with E-state index in [2.05, 4.69) is 23.9 Å². The molecule has 0 radical (unpaired) electrons. The van der Waals surface area contributed by atoms with Gasteiger partial charge in [0.05, 0.1) is 5.10 Å². The zero-order valence-corrected chi connectivity index (χ0v) is 12.5. The van der Waals surface area contributed by atoms with Gasteiger partial charge in [0.2, 0.25) is 5.82 Å². The lowest BCUT2D eigenvalue weighted by atomic mass is 10.3. The lowest BCUT2D eigenvalue weighted by Gasteiger charge is -2.05. The fourth-order valence-corrected chi connectivity index (χ4v) is 2.64. The quantitative estimate of drug-likeness (QED) is 0.671. The molecule has 1 aliphatic rings. The van der Waals surface area contributed by atoms with Gasteiger partial charge in [-0.3, -0.25) is 0 Å². The van der Waals surface area contributed by atoms with Gasteiger partial charge in [-0.15, -0.1) is 0 Å². The Morgan fingerprint density at radius 1 is 1.27 bits per heavy atom. The first kappa shape index (κ1) is 13.0. The van der Waals surface area contributed by atoms with Crippen molar-refractivity contribution in [3.05, 3.63) is 36.8 Å². The summed E-state index contributed by atoms with van der Waals surface area (Å²) < 4.78 is 9.69. The maximum Gasteiger partial charge on any atom is 0.286 e. The molecule has 0 saturated heterocycles. The Bertz CT molecular complexity index is 819. The van der Waals surface area contributed by atoms with Crippen molar-refractivity contribution >= 4 is 0 Å². The molecule has 0 spiro atoms. The summed E-state index contributed by atoms with van der Waals surface area (Å²) in [7, 11) is 0. The topological polar surface area (TPSA) is 61.6 Å². The Balaban J connectivity index is 1.86. The van der Waals surface area contributed by atoms with E-state index in [9.17, 15) is 0 Å². The van der Waals surface area contributed by atoms with E-state index in [0.717, 1.165) is 29.5 Å². The van der Waals surface area contributed by atoms with Crippen LogP contribution in [0.2, 0.25) is 0 Å². The maximum atomic E-state index is 5.77. The molecule has 0 saturated carbocycles. The summed E-state index contributed by atoms with van der Waals surface area (Å²) >= 11 is 0. The summed E-state index contributed by atoms with van der Waals surface area (Å²) in [6.45, 7) is 5.51. The second-order valence-electron chi connectivity index (χ2n) is 5.51. The largest absolute Gasteiger partial charge is 0.487 e. The minimum Gasteiger partial charge on any atom is -0.487 e. The van der Waals surface area contributed by atoms with Gasteiger partial charge in [-0.05, 0) is 30.8 Å². The van der Waals surface area contributed by atoms with E-state index >= 15 is 0 Å². The highest BCUT2D eigenvalue weighted by Gasteiger charge is 2.27. The molecule has 0 fully saturated rings. The summed E-state index contributed by atoms with van der Waals surface area (Å²) in [6.07, 6.45) is 3.57. The summed E-state index contributed by atoms with van der Waals surface area (Å²) in [5, 5.41) is 9.00. The molecule has 0 amide bonds. The van der Waals surface area contributed by atoms with Crippen molar-refractivity contribution in [2.75, 3.05) is 6.61 Å². The predicted molar refractivity (Wildman–Crippen MR) is 78.7 cm³/mol. The van der Waals surface area contributed by atoms with Crippen LogP contribution in [0, 0.1) is 0 Å². The number of hydrogen-bond acceptors (Lipinski definition) is 4. The molecule has 7 heteroatoms. The molecule has 0 bridgehead atoms. The molecule has 1 aliphatic heterocycles. The fourth-order valence-electron chi connectivity index (χ4n) is 2.64. The van der Waals surface area contributed by atoms with Crippen LogP contribution >= 0.6 is 0 Å². The Labute approximate surface area is 127 Å². The van der Waals surface area contributed by atoms with Crippen LogP contribution in [-0.4, -0.2) is 31.3 Å². The van der Waals surface area contributed by atoms with Gasteiger partial charge >= 0.3 is 0 Å². The molecule has 7 nitrogen and oxygen atoms in total. The number of hydrogen-bond donors (Lipinski definition) is 0. The highest BCUT2D eigenvalue weighted by Crippen LogP contribution is 2.24. The Kier molecular flexibility index (Phi) is 2.92. The molecule has 0 unspecified atom stereocenters. The molecule has 0 N–H and O–H groups in total. The first-order valence-electron chi connectivity index (χ1n) is 7.36. The molecule has 0 atom stereocenters. The van der Waals surface area contributed by atoms with E-state index in [0.29, 0.717) is 6.61 Å². The number of nitrogens with zero attached hydrogens (tertiary/aromatic N) is 6. The summed E-state index contributed by atoms with van der Waals surface area (Å²) in [4.78, 5) is 6.23. The first-order valence-corrected chi connectivity index (χ1v) is 7.36. The van der Waals surface area contributed by atoms with E-state index in [-0.39, 0.29) is 6.04 Å². The minimum absolute atomic E-state index is 0.236. The number of para-hydroxylation sites is 2. The van der Waals surface area contributed by atoms with Crippen molar-refractivity contribution in [2.24, 2.45) is 0 Å². The van der Waals surface area contributed by atoms with Gasteiger partial charge < -0.3 is 4.74 Å². The smallest absolute Gasteiger partial charge is 0.286 e. The molecular formula is C15H17N6O+. The number of aromatic nitrogens is 6. The number of rotatable bonds is 2. The molecule has 0 aliphatic carbocycles. The maximum absolute atomic E-state index is 5.77. The normalized spacial score (nSPS) is 13.4. The van der Waals surface area contributed by atoms with E-state index < -0.39 is 0 Å². The van der Waals surface area contributed by atoms with Crippen molar-refractivity contribution in [3.63, 3.8) is 0 Å². The van der Waals surface area contributed by atoms with E-state index in [1.807, 2.05) is 44.6 Å². The first-order chi connectivity index (χ1) is 10.7. The Hall–Kier alpha value is -2.70. The predicted octanol–water partition coefficient (Wildman–Crippen LogP) is 1.39. The average Bonchev–Trinajstić information content (AvgIpc) is 3.11. The van der Waals surface area contributed by atoms with Gasteiger partial charge in [0.15, 0.2) is 17.6 Å². The summed E-state index contributed by atoms with van der Waals surface area (Å²) in [6, 6.07) is 8.15. The van der Waals surface area contributed by atoms with Crippen molar-refractivity contribution in [1.82, 2.24) is 24.7 Å². The van der Waals surface area contributed by atoms with Crippen LogP contribution in [0.25, 0.3) is 17.2 Å². The van der Waals surface area contributed by atoms with Gasteiger partial charge in [0.25, 0.3) is 5.69 Å². The lowest BCUT2D eigenvalue weighted by molar-refractivity contribution is -0.769. The molecule has 4 rings (SSSR count). The fraction of sp³-hybridized carbons (Fsp3) is 0.333. The molecule has 2 aromatic heterocycles. The SMILES string of the molecule is CC(C)n1ncnc1-c1c[n+]2n(n1)-c1ccccc1OCC2. The van der Waals surface area contributed by atoms with E-state index in [1.165, 1.54) is 0 Å². The van der Waals surface area contributed by atoms with E-state index in [1.54, 1.807) is 6.33 Å². The van der Waals surface area contributed by atoms with Crippen LogP contribution < -0.4 is 9.42 Å². The van der Waals surface area contributed by atoms with Crippen molar-refractivity contribution in [2.45, 2.75) is 26.4 Å². The minimum atomic E-state index is 0.236. The molecule has 1 aromatic carbocycles. The van der Waals surface area contributed by atoms with Gasteiger partial charge in [0.1, 0.15) is 19.5 Å². The van der Waals surface area contributed by atoms with Crippen molar-refractivity contribution in [3.8, 4) is 23.0 Å². The highest BCUT2D eigenvalue weighted by molar-refractivity contribution is 5.48. The molecule has 3 aromatic rings. The monoisotopic (exact) mass is 297 g/mol. The standard InChI is InChI=1S/C15H17N6O/c1-11(2)20-15(16-10-17-20)12-9-19-7-8-22-14-6-4-3-5-13(14)21(19)18-12/h3-6,9-11H,7-8H2,1-2H3/q+1. The summed E-state index contributed by atoms with van der Waals surface area (Å²) in [5.41, 5.74) is 1.74. The average molecular weight is 297 g/mol. The number of ether oxygens (including phenoxy) is 1. The Morgan fingerprint density at radius 3 is 3.00 bits per heavy atom. The molecule has 3 heterocycles. The molecule has 112 valence electrons. The van der Waals surface area contributed by atoms with Gasteiger partial charge in [-0.1, -0.05) is 12.1 Å². The zero-order valence-electron chi connectivity index (χ0n) is 12.5. The van der Waals surface area contributed by atoms with Crippen molar-refractivity contribution in [1.29, 1.82) is 0 Å². The van der Waals surface area contributed by atoms with Crippen LogP contribution in [0.1, 0.15) is 19.9 Å². The second kappa shape index (κ2) is 4.94. The van der Waals surface area contributed by atoms with Crippen LogP contribution in [0.3, 0.4) is 0 Å². The lowest BCUT2D eigenvalue weighted by Crippen LogP contribution is -2.42. The van der Waals surface area contributed by atoms with Crippen LogP contribution in [0.15, 0.2) is 36.8 Å².